The predicted octanol–water partition coefficient (Wildman–Crippen LogP) is 13.6. The van der Waals surface area contributed by atoms with Crippen LogP contribution < -0.4 is 0 Å². The molecular formula is C48H30N2S. The van der Waals surface area contributed by atoms with Crippen molar-refractivity contribution in [3.8, 4) is 33.6 Å². The van der Waals surface area contributed by atoms with Crippen LogP contribution in [0.25, 0.3) is 97.4 Å². The topological polar surface area (TPSA) is 9.86 Å². The van der Waals surface area contributed by atoms with Gasteiger partial charge in [-0.2, -0.15) is 0 Å². The van der Waals surface area contributed by atoms with Gasteiger partial charge < -0.3 is 9.13 Å². The third kappa shape index (κ3) is 4.29. The number of thiophene rings is 1. The van der Waals surface area contributed by atoms with E-state index in [2.05, 4.69) is 191 Å². The monoisotopic (exact) mass is 666 g/mol. The summed E-state index contributed by atoms with van der Waals surface area (Å²) in [6, 6.07) is 66.6. The number of fused-ring (bicyclic) bond motifs is 9. The summed E-state index contributed by atoms with van der Waals surface area (Å²) in [5.41, 5.74) is 12.1. The lowest BCUT2D eigenvalue weighted by Crippen LogP contribution is -1.94. The van der Waals surface area contributed by atoms with E-state index in [1.807, 2.05) is 11.3 Å². The molecule has 3 aromatic heterocycles. The Hall–Kier alpha value is -6.42. The lowest BCUT2D eigenvalue weighted by atomic mass is 9.98. The number of hydrogen-bond donors (Lipinski definition) is 0. The van der Waals surface area contributed by atoms with Gasteiger partial charge >= 0.3 is 0 Å². The van der Waals surface area contributed by atoms with Crippen LogP contribution in [0.2, 0.25) is 0 Å². The number of benzene rings is 8. The molecule has 3 heteroatoms. The molecule has 0 bridgehead atoms. The summed E-state index contributed by atoms with van der Waals surface area (Å²) in [5.74, 6) is 0. The van der Waals surface area contributed by atoms with Crippen LogP contribution in [0.5, 0.6) is 0 Å². The Balaban J connectivity index is 1.10. The Bertz CT molecular complexity index is 3120. The van der Waals surface area contributed by atoms with Gasteiger partial charge in [0.05, 0.1) is 22.1 Å². The molecular weight excluding hydrogens is 637 g/mol. The Morgan fingerprint density at radius 2 is 0.902 bits per heavy atom. The van der Waals surface area contributed by atoms with Crippen LogP contribution in [0.3, 0.4) is 0 Å². The van der Waals surface area contributed by atoms with Gasteiger partial charge in [0.1, 0.15) is 0 Å². The lowest BCUT2D eigenvalue weighted by molar-refractivity contribution is 1.18. The second-order valence-electron chi connectivity index (χ2n) is 13.3. The fraction of sp³-hybridized carbons (Fsp3) is 0. The molecule has 0 fully saturated rings. The van der Waals surface area contributed by atoms with Crippen molar-refractivity contribution in [3.05, 3.63) is 182 Å². The fourth-order valence-electron chi connectivity index (χ4n) is 8.24. The largest absolute Gasteiger partial charge is 0.309 e. The van der Waals surface area contributed by atoms with Gasteiger partial charge in [0.2, 0.25) is 0 Å². The highest BCUT2D eigenvalue weighted by Gasteiger charge is 2.19. The minimum Gasteiger partial charge on any atom is -0.309 e. The minimum absolute atomic E-state index is 1.16. The molecule has 11 rings (SSSR count). The number of rotatable bonds is 4. The Kier molecular flexibility index (Phi) is 6.16. The Labute approximate surface area is 298 Å². The predicted molar refractivity (Wildman–Crippen MR) is 219 cm³/mol. The third-order valence-electron chi connectivity index (χ3n) is 10.5. The number of nitrogens with zero attached hydrogens (tertiary/aromatic N) is 2. The van der Waals surface area contributed by atoms with E-state index in [9.17, 15) is 0 Å². The molecule has 51 heavy (non-hydrogen) atoms. The first-order valence-corrected chi connectivity index (χ1v) is 18.3. The summed E-state index contributed by atoms with van der Waals surface area (Å²) in [7, 11) is 0. The van der Waals surface area contributed by atoms with E-state index in [0.29, 0.717) is 0 Å². The zero-order valence-electron chi connectivity index (χ0n) is 27.6. The molecule has 0 aliphatic carbocycles. The second-order valence-corrected chi connectivity index (χ2v) is 14.4. The SMILES string of the molecule is c1ccc(-c2ccc(-n3c4ccccc4c4cc(-c5cccc6c5c5ccccc5n6-c5ccc6c(c5)sc5ccccc56)ccc43)cc2)cc1. The summed E-state index contributed by atoms with van der Waals surface area (Å²) < 4.78 is 7.49. The summed E-state index contributed by atoms with van der Waals surface area (Å²) in [6.07, 6.45) is 0. The van der Waals surface area contributed by atoms with Crippen molar-refractivity contribution in [2.24, 2.45) is 0 Å². The molecule has 0 radical (unpaired) electrons. The van der Waals surface area contributed by atoms with Crippen molar-refractivity contribution in [3.63, 3.8) is 0 Å². The van der Waals surface area contributed by atoms with Gasteiger partial charge in [-0.1, -0.05) is 121 Å². The average molecular weight is 667 g/mol. The van der Waals surface area contributed by atoms with Crippen LogP contribution in [-0.2, 0) is 0 Å². The minimum atomic E-state index is 1.16. The molecule has 0 unspecified atom stereocenters. The third-order valence-corrected chi connectivity index (χ3v) is 11.7. The van der Waals surface area contributed by atoms with Crippen LogP contribution in [0.15, 0.2) is 182 Å². The van der Waals surface area contributed by atoms with Gasteiger partial charge in [-0.05, 0) is 82.9 Å². The highest BCUT2D eigenvalue weighted by Crippen LogP contribution is 2.42. The number of para-hydroxylation sites is 2. The summed E-state index contributed by atoms with van der Waals surface area (Å²) >= 11 is 1.87. The van der Waals surface area contributed by atoms with E-state index in [-0.39, 0.29) is 0 Å². The first-order chi connectivity index (χ1) is 25.3. The highest BCUT2D eigenvalue weighted by atomic mass is 32.1. The van der Waals surface area contributed by atoms with Crippen LogP contribution in [0, 0.1) is 0 Å². The van der Waals surface area contributed by atoms with Gasteiger partial charge in [0.25, 0.3) is 0 Å². The van der Waals surface area contributed by atoms with Gasteiger partial charge in [-0.15, -0.1) is 11.3 Å². The molecule has 0 aliphatic heterocycles. The zero-order valence-corrected chi connectivity index (χ0v) is 28.4. The van der Waals surface area contributed by atoms with Crippen molar-refractivity contribution < 1.29 is 0 Å². The average Bonchev–Trinajstić information content (AvgIpc) is 3.85. The molecule has 0 spiro atoms. The van der Waals surface area contributed by atoms with Crippen molar-refractivity contribution in [2.75, 3.05) is 0 Å². The van der Waals surface area contributed by atoms with Gasteiger partial charge in [-0.25, -0.2) is 0 Å². The van der Waals surface area contributed by atoms with E-state index < -0.39 is 0 Å². The lowest BCUT2D eigenvalue weighted by Gasteiger charge is -2.11. The van der Waals surface area contributed by atoms with Crippen LogP contribution >= 0.6 is 11.3 Å². The molecule has 8 aromatic carbocycles. The molecule has 0 saturated heterocycles. The molecule has 0 N–H and O–H groups in total. The van der Waals surface area contributed by atoms with E-state index >= 15 is 0 Å². The molecule has 11 aromatic rings. The number of hydrogen-bond acceptors (Lipinski definition) is 1. The van der Waals surface area contributed by atoms with Crippen molar-refractivity contribution in [1.82, 2.24) is 9.13 Å². The molecule has 0 aliphatic rings. The van der Waals surface area contributed by atoms with Gasteiger partial charge in [0, 0.05) is 53.1 Å². The molecule has 238 valence electrons. The zero-order chi connectivity index (χ0) is 33.5. The second kappa shape index (κ2) is 11.0. The van der Waals surface area contributed by atoms with E-state index in [1.165, 1.54) is 91.7 Å². The van der Waals surface area contributed by atoms with Gasteiger partial charge in [0.15, 0.2) is 0 Å². The maximum Gasteiger partial charge on any atom is 0.0547 e. The summed E-state index contributed by atoms with van der Waals surface area (Å²) in [5, 5.41) is 7.71. The van der Waals surface area contributed by atoms with Crippen molar-refractivity contribution >= 4 is 75.1 Å². The molecule has 3 heterocycles. The van der Waals surface area contributed by atoms with Gasteiger partial charge in [-0.3, -0.25) is 0 Å². The van der Waals surface area contributed by atoms with E-state index in [0.717, 1.165) is 5.69 Å². The summed E-state index contributed by atoms with van der Waals surface area (Å²) in [4.78, 5) is 0. The molecule has 0 amide bonds. The molecule has 2 nitrogen and oxygen atoms in total. The molecule has 0 saturated carbocycles. The standard InChI is InChI=1S/C48H30N2S/c1-2-11-31(12-3-1)32-21-24-34(25-22-32)49-42-17-7-4-13-37(42)41-29-33(23-28-44(41)49)36-16-10-19-45-48(36)40-15-5-8-18-43(40)50(45)35-26-27-39-38-14-6-9-20-46(38)51-47(39)30-35/h1-30H. The normalized spacial score (nSPS) is 11.9. The first-order valence-electron chi connectivity index (χ1n) is 17.4. The van der Waals surface area contributed by atoms with E-state index in [4.69, 9.17) is 0 Å². The van der Waals surface area contributed by atoms with Crippen LogP contribution in [0.1, 0.15) is 0 Å². The van der Waals surface area contributed by atoms with Crippen LogP contribution in [-0.4, -0.2) is 9.13 Å². The molecule has 0 atom stereocenters. The maximum absolute atomic E-state index is 2.45. The first kappa shape index (κ1) is 28.4. The fourth-order valence-corrected chi connectivity index (χ4v) is 9.38. The summed E-state index contributed by atoms with van der Waals surface area (Å²) in [6.45, 7) is 0. The maximum atomic E-state index is 2.45. The highest BCUT2D eigenvalue weighted by molar-refractivity contribution is 7.25. The van der Waals surface area contributed by atoms with Crippen molar-refractivity contribution in [2.45, 2.75) is 0 Å². The quantitative estimate of drug-likeness (QED) is 0.177. The van der Waals surface area contributed by atoms with Crippen molar-refractivity contribution in [1.29, 1.82) is 0 Å². The Morgan fingerprint density at radius 3 is 1.75 bits per heavy atom. The smallest absolute Gasteiger partial charge is 0.0547 e. The number of aromatic nitrogens is 2. The Morgan fingerprint density at radius 1 is 0.314 bits per heavy atom. The van der Waals surface area contributed by atoms with E-state index in [1.54, 1.807) is 0 Å². The van der Waals surface area contributed by atoms with Crippen LogP contribution in [0.4, 0.5) is 0 Å².